The molecule has 148 valence electrons. The highest BCUT2D eigenvalue weighted by molar-refractivity contribution is 6.32. The van der Waals surface area contributed by atoms with Gasteiger partial charge >= 0.3 is 6.18 Å². The van der Waals surface area contributed by atoms with E-state index in [9.17, 15) is 27.2 Å². The molecule has 2 amide bonds. The van der Waals surface area contributed by atoms with Crippen molar-refractivity contribution in [1.29, 1.82) is 0 Å². The van der Waals surface area contributed by atoms with Crippen molar-refractivity contribution in [2.75, 3.05) is 0 Å². The van der Waals surface area contributed by atoms with E-state index in [1.54, 1.807) is 0 Å². The Morgan fingerprint density at radius 2 is 1.86 bits per heavy atom. The molecule has 1 aromatic heterocycles. The Morgan fingerprint density at radius 1 is 1.21 bits per heavy atom. The van der Waals surface area contributed by atoms with Crippen LogP contribution in [0.3, 0.4) is 0 Å². The number of nitrogens with zero attached hydrogens (tertiary/aromatic N) is 2. The molecule has 0 radical (unpaired) electrons. The maximum Gasteiger partial charge on any atom is 0.421 e. The Labute approximate surface area is 161 Å². The summed E-state index contributed by atoms with van der Waals surface area (Å²) < 4.78 is 59.0. The third kappa shape index (κ3) is 3.80. The molecule has 2 heterocycles. The number of carbonyl (C=O) groups is 2. The van der Waals surface area contributed by atoms with Crippen LogP contribution < -0.4 is 4.74 Å². The number of imide groups is 1. The highest BCUT2D eigenvalue weighted by Gasteiger charge is 2.37. The number of alkyl halides is 3. The topological polar surface area (TPSA) is 59.5 Å². The first-order valence-corrected chi connectivity index (χ1v) is 8.51. The Hall–Kier alpha value is -2.68. The van der Waals surface area contributed by atoms with E-state index >= 15 is 0 Å². The number of likely N-dealkylation sites (tertiary alicyclic amines) is 1. The lowest BCUT2D eigenvalue weighted by atomic mass is 10.1. The summed E-state index contributed by atoms with van der Waals surface area (Å²) in [5, 5.41) is -0.286. The number of halogens is 5. The second kappa shape index (κ2) is 7.38. The predicted octanol–water partition coefficient (Wildman–Crippen LogP) is 4.90. The number of rotatable bonds is 4. The van der Waals surface area contributed by atoms with Gasteiger partial charge in [-0.15, -0.1) is 0 Å². The molecule has 0 bridgehead atoms. The third-order valence-electron chi connectivity index (χ3n) is 4.26. The summed E-state index contributed by atoms with van der Waals surface area (Å²) in [7, 11) is 0. The van der Waals surface area contributed by atoms with Gasteiger partial charge in [-0.1, -0.05) is 11.6 Å². The highest BCUT2D eigenvalue weighted by Crippen LogP contribution is 2.40. The van der Waals surface area contributed by atoms with E-state index in [0.29, 0.717) is 0 Å². The number of pyridine rings is 1. The van der Waals surface area contributed by atoms with E-state index in [2.05, 4.69) is 4.98 Å². The first-order valence-electron chi connectivity index (χ1n) is 8.13. The smallest absolute Gasteiger partial charge is 0.421 e. The highest BCUT2D eigenvalue weighted by atomic mass is 35.5. The van der Waals surface area contributed by atoms with Gasteiger partial charge in [0.25, 0.3) is 0 Å². The third-order valence-corrected chi connectivity index (χ3v) is 4.56. The fourth-order valence-corrected chi connectivity index (χ4v) is 3.09. The first-order chi connectivity index (χ1) is 13.1. The summed E-state index contributed by atoms with van der Waals surface area (Å²) >= 11 is 5.92. The minimum Gasteiger partial charge on any atom is -0.437 e. The molecule has 3 rings (SSSR count). The zero-order valence-electron chi connectivity index (χ0n) is 14.4. The van der Waals surface area contributed by atoms with Gasteiger partial charge in [0.1, 0.15) is 17.1 Å². The van der Waals surface area contributed by atoms with Crippen molar-refractivity contribution in [1.82, 2.24) is 9.88 Å². The molecule has 0 N–H and O–H groups in total. The molecule has 0 saturated carbocycles. The zero-order chi connectivity index (χ0) is 20.6. The van der Waals surface area contributed by atoms with Crippen LogP contribution in [-0.4, -0.2) is 21.7 Å². The van der Waals surface area contributed by atoms with Gasteiger partial charge in [-0.2, -0.15) is 13.2 Å². The van der Waals surface area contributed by atoms with Gasteiger partial charge in [0.05, 0.1) is 11.1 Å². The van der Waals surface area contributed by atoms with Gasteiger partial charge in [0.2, 0.25) is 17.7 Å². The van der Waals surface area contributed by atoms with Crippen molar-refractivity contribution in [3.05, 3.63) is 52.4 Å². The molecule has 0 spiro atoms. The van der Waals surface area contributed by atoms with E-state index in [1.807, 2.05) is 0 Å². The van der Waals surface area contributed by atoms with E-state index < -0.39 is 41.3 Å². The number of hydrogen-bond acceptors (Lipinski definition) is 4. The second-order valence-corrected chi connectivity index (χ2v) is 6.50. The van der Waals surface area contributed by atoms with Gasteiger partial charge in [-0.05, 0) is 31.2 Å². The molecule has 5 nitrogen and oxygen atoms in total. The molecule has 1 unspecified atom stereocenters. The summed E-state index contributed by atoms with van der Waals surface area (Å²) in [5.41, 5.74) is -1.25. The Kier molecular flexibility index (Phi) is 5.29. The lowest BCUT2D eigenvalue weighted by Gasteiger charge is -2.24. The molecule has 1 saturated heterocycles. The molecule has 1 aromatic carbocycles. The summed E-state index contributed by atoms with van der Waals surface area (Å²) in [4.78, 5) is 28.3. The van der Waals surface area contributed by atoms with Crippen LogP contribution in [-0.2, 0) is 15.8 Å². The van der Waals surface area contributed by atoms with E-state index in [1.165, 1.54) is 6.92 Å². The van der Waals surface area contributed by atoms with Gasteiger partial charge < -0.3 is 4.74 Å². The Bertz CT molecular complexity index is 933. The van der Waals surface area contributed by atoms with Crippen LogP contribution in [0.25, 0.3) is 0 Å². The predicted molar refractivity (Wildman–Crippen MR) is 90.2 cm³/mol. The number of hydrogen-bond donors (Lipinski definition) is 0. The molecular formula is C18H13ClF4N2O3. The van der Waals surface area contributed by atoms with Crippen LogP contribution in [0.5, 0.6) is 11.6 Å². The van der Waals surface area contributed by atoms with Crippen molar-refractivity contribution >= 4 is 23.4 Å². The standard InChI is InChI=1S/C18H13ClF4N2O3/c1-9(25-15(26)4-5-16(25)27)10-7-14(12(19)8-13(10)20)28-17-11(18(21,22)23)3-2-6-24-17/h2-3,6-9H,4-5H2,1H3. The molecular weight excluding hydrogens is 404 g/mol. The lowest BCUT2D eigenvalue weighted by Crippen LogP contribution is -2.32. The Morgan fingerprint density at radius 3 is 2.46 bits per heavy atom. The summed E-state index contributed by atoms with van der Waals surface area (Å²) in [5.74, 6) is -2.78. The second-order valence-electron chi connectivity index (χ2n) is 6.09. The average molecular weight is 417 g/mol. The number of carbonyl (C=O) groups excluding carboxylic acids is 2. The number of amides is 2. The molecule has 1 fully saturated rings. The van der Waals surface area contributed by atoms with Crippen LogP contribution in [0.15, 0.2) is 30.5 Å². The van der Waals surface area contributed by atoms with Crippen LogP contribution in [0.4, 0.5) is 17.6 Å². The molecule has 1 atom stereocenters. The maximum absolute atomic E-state index is 14.4. The average Bonchev–Trinajstić information content (AvgIpc) is 2.95. The van der Waals surface area contributed by atoms with Gasteiger partial charge in [-0.3, -0.25) is 14.5 Å². The first kappa shape index (κ1) is 20.1. The normalized spacial score (nSPS) is 15.9. The fraction of sp³-hybridized carbons (Fsp3) is 0.278. The summed E-state index contributed by atoms with van der Waals surface area (Å²) in [6.07, 6.45) is -3.58. The molecule has 1 aliphatic rings. The van der Waals surface area contributed by atoms with Crippen molar-refractivity contribution in [2.24, 2.45) is 0 Å². The molecule has 1 aliphatic heterocycles. The van der Waals surface area contributed by atoms with Crippen molar-refractivity contribution < 1.29 is 31.9 Å². The molecule has 28 heavy (non-hydrogen) atoms. The van der Waals surface area contributed by atoms with Gasteiger partial charge in [-0.25, -0.2) is 9.37 Å². The monoisotopic (exact) mass is 416 g/mol. The SMILES string of the molecule is CC(c1cc(Oc2ncccc2C(F)(F)F)c(Cl)cc1F)N1C(=O)CCC1=O. The van der Waals surface area contributed by atoms with E-state index in [-0.39, 0.29) is 29.2 Å². The van der Waals surface area contributed by atoms with Crippen LogP contribution >= 0.6 is 11.6 Å². The minimum absolute atomic E-state index is 0.0185. The van der Waals surface area contributed by atoms with E-state index in [0.717, 1.165) is 35.4 Å². The van der Waals surface area contributed by atoms with Crippen LogP contribution in [0, 0.1) is 5.82 Å². The quantitative estimate of drug-likeness (QED) is 0.525. The molecule has 0 aliphatic carbocycles. The Balaban J connectivity index is 2.00. The maximum atomic E-state index is 14.4. The van der Waals surface area contributed by atoms with Gasteiger partial charge in [0.15, 0.2) is 0 Å². The van der Waals surface area contributed by atoms with Crippen molar-refractivity contribution in [3.63, 3.8) is 0 Å². The molecule has 2 aromatic rings. The van der Waals surface area contributed by atoms with Crippen LogP contribution in [0.2, 0.25) is 5.02 Å². The van der Waals surface area contributed by atoms with Gasteiger partial charge in [0, 0.05) is 24.6 Å². The summed E-state index contributed by atoms with van der Waals surface area (Å²) in [6.45, 7) is 1.43. The zero-order valence-corrected chi connectivity index (χ0v) is 15.1. The molecule has 10 heteroatoms. The van der Waals surface area contributed by atoms with Crippen LogP contribution in [0.1, 0.15) is 36.9 Å². The van der Waals surface area contributed by atoms with E-state index in [4.69, 9.17) is 16.3 Å². The fourth-order valence-electron chi connectivity index (χ4n) is 2.90. The number of ether oxygens (including phenoxy) is 1. The summed E-state index contributed by atoms with van der Waals surface area (Å²) in [6, 6.07) is 2.82. The lowest BCUT2D eigenvalue weighted by molar-refractivity contribution is -0.141. The van der Waals surface area contributed by atoms with Crippen molar-refractivity contribution in [3.8, 4) is 11.6 Å². The largest absolute Gasteiger partial charge is 0.437 e. The van der Waals surface area contributed by atoms with Crippen molar-refractivity contribution in [2.45, 2.75) is 32.0 Å². The number of benzene rings is 1. The number of aromatic nitrogens is 1. The minimum atomic E-state index is -4.72.